The summed E-state index contributed by atoms with van der Waals surface area (Å²) >= 11 is 6.43. The number of anilines is 1. The first-order chi connectivity index (χ1) is 24.6. The molecule has 1 fully saturated rings. The number of sulfonamides is 1. The van der Waals surface area contributed by atoms with Gasteiger partial charge in [-0.25, -0.2) is 17.9 Å². The number of fused-ring (bicyclic) bond motifs is 3. The Kier molecular flexibility index (Phi) is 12.0. The SMILES string of the molecule is C=CCOC(C)(C)C(=O)NS(=O)(=O)c1ccc2c(c1)N(C[C@@H]1CC[C@H]1C(C=C)OC(=O)C(C)(C)OCC=C)C[C@@]1(CCCc3cc(Cl)ccc31)CO2. The number of nitrogens with zero attached hydrogens (tertiary/aromatic N) is 1. The average Bonchev–Trinajstić information content (AvgIpc) is 3.24. The number of amides is 1. The summed E-state index contributed by atoms with van der Waals surface area (Å²) in [7, 11) is -4.30. The Balaban J connectivity index is 1.48. The highest BCUT2D eigenvalue weighted by atomic mass is 35.5. The summed E-state index contributed by atoms with van der Waals surface area (Å²) in [4.78, 5) is 28.4. The van der Waals surface area contributed by atoms with E-state index in [1.54, 1.807) is 38.1 Å². The van der Waals surface area contributed by atoms with E-state index in [9.17, 15) is 18.0 Å². The third-order valence-electron chi connectivity index (χ3n) is 10.5. The predicted molar refractivity (Wildman–Crippen MR) is 202 cm³/mol. The van der Waals surface area contributed by atoms with Gasteiger partial charge < -0.3 is 23.8 Å². The van der Waals surface area contributed by atoms with Crippen molar-refractivity contribution in [1.82, 2.24) is 4.72 Å². The molecule has 0 radical (unpaired) electrons. The van der Waals surface area contributed by atoms with Crippen molar-refractivity contribution in [1.29, 1.82) is 0 Å². The van der Waals surface area contributed by atoms with Gasteiger partial charge in [-0.3, -0.25) is 4.79 Å². The first kappa shape index (κ1) is 39.6. The molecule has 1 N–H and O–H groups in total. The van der Waals surface area contributed by atoms with Crippen LogP contribution in [0.3, 0.4) is 0 Å². The van der Waals surface area contributed by atoms with Gasteiger partial charge in [0.25, 0.3) is 15.9 Å². The number of aryl methyl sites for hydroxylation is 1. The fourth-order valence-electron chi connectivity index (χ4n) is 7.34. The van der Waals surface area contributed by atoms with E-state index >= 15 is 0 Å². The number of nitrogens with one attached hydrogen (secondary N) is 1. The van der Waals surface area contributed by atoms with Crippen LogP contribution in [-0.2, 0) is 45.7 Å². The number of hydrogen-bond acceptors (Lipinski definition) is 9. The standard InChI is InChI=1S/C40H51ClN2O8S/c1-8-20-49-38(4,5)36(44)42-52(46,47)30-15-18-35-33(23-30)43(25-40(26-48-35)19-11-12-27-22-29(41)14-17-32(27)40)24-28-13-16-31(28)34(10-3)51-37(45)39(6,7)50-21-9-2/h8-10,14-15,17-18,22-23,28,31,34H,1-3,11-13,16,19-21,24-26H2,4-7H3,(H,42,44)/t28-,31+,34?,40-/m0/s1. The van der Waals surface area contributed by atoms with Gasteiger partial charge in [0.05, 0.1) is 30.4 Å². The van der Waals surface area contributed by atoms with Crippen molar-refractivity contribution in [3.8, 4) is 5.75 Å². The summed E-state index contributed by atoms with van der Waals surface area (Å²) in [6.07, 6.45) is 8.64. The van der Waals surface area contributed by atoms with Crippen molar-refractivity contribution in [3.05, 3.63) is 90.5 Å². The second-order valence-electron chi connectivity index (χ2n) is 15.0. The van der Waals surface area contributed by atoms with E-state index in [1.165, 1.54) is 37.1 Å². The van der Waals surface area contributed by atoms with Crippen molar-refractivity contribution < 1.29 is 37.0 Å². The van der Waals surface area contributed by atoms with Crippen LogP contribution in [0.1, 0.15) is 64.5 Å². The number of benzene rings is 2. The third kappa shape index (κ3) is 8.43. The minimum absolute atomic E-state index is 0.0123. The third-order valence-corrected chi connectivity index (χ3v) is 12.1. The summed E-state index contributed by atoms with van der Waals surface area (Å²) in [5.74, 6) is -0.658. The quantitative estimate of drug-likeness (QED) is 0.156. The molecule has 0 bridgehead atoms. The van der Waals surface area contributed by atoms with Gasteiger partial charge >= 0.3 is 5.97 Å². The molecule has 282 valence electrons. The molecule has 52 heavy (non-hydrogen) atoms. The van der Waals surface area contributed by atoms with Gasteiger partial charge in [0.15, 0.2) is 5.60 Å². The number of rotatable bonds is 15. The van der Waals surface area contributed by atoms with Gasteiger partial charge in [0.1, 0.15) is 17.5 Å². The molecule has 1 amide bonds. The van der Waals surface area contributed by atoms with Crippen LogP contribution in [0.25, 0.3) is 0 Å². The fourth-order valence-corrected chi connectivity index (χ4v) is 8.65. The number of carbonyl (C=O) groups excluding carboxylic acids is 2. The fraction of sp³-hybridized carbons (Fsp3) is 0.500. The Morgan fingerprint density at radius 1 is 1.06 bits per heavy atom. The van der Waals surface area contributed by atoms with Crippen molar-refractivity contribution in [3.63, 3.8) is 0 Å². The van der Waals surface area contributed by atoms with Crippen molar-refractivity contribution in [2.24, 2.45) is 11.8 Å². The topological polar surface area (TPSA) is 120 Å². The molecule has 1 unspecified atom stereocenters. The molecule has 2 aliphatic carbocycles. The molecule has 5 rings (SSSR count). The number of halogens is 1. The lowest BCUT2D eigenvalue weighted by Gasteiger charge is -2.46. The maximum absolute atomic E-state index is 13.7. The lowest BCUT2D eigenvalue weighted by atomic mass is 9.68. The average molecular weight is 755 g/mol. The zero-order valence-corrected chi connectivity index (χ0v) is 32.2. The zero-order valence-electron chi connectivity index (χ0n) is 30.6. The van der Waals surface area contributed by atoms with E-state index < -0.39 is 44.6 Å². The molecular weight excluding hydrogens is 704 g/mol. The van der Waals surface area contributed by atoms with E-state index in [0.717, 1.165) is 32.1 Å². The highest BCUT2D eigenvalue weighted by Crippen LogP contribution is 2.47. The lowest BCUT2D eigenvalue weighted by Crippen LogP contribution is -2.50. The van der Waals surface area contributed by atoms with Gasteiger partial charge in [-0.15, -0.1) is 13.2 Å². The normalized spacial score (nSPS) is 22.1. The summed E-state index contributed by atoms with van der Waals surface area (Å²) in [5.41, 5.74) is -0.0124. The Morgan fingerprint density at radius 2 is 1.77 bits per heavy atom. The van der Waals surface area contributed by atoms with Gasteiger partial charge in [-0.2, -0.15) is 0 Å². The van der Waals surface area contributed by atoms with Crippen LogP contribution in [0.5, 0.6) is 5.75 Å². The van der Waals surface area contributed by atoms with E-state index in [-0.39, 0.29) is 29.9 Å². The maximum Gasteiger partial charge on any atom is 0.338 e. The van der Waals surface area contributed by atoms with Crippen LogP contribution in [0.15, 0.2) is 79.3 Å². The minimum Gasteiger partial charge on any atom is -0.490 e. The van der Waals surface area contributed by atoms with Gasteiger partial charge in [-0.05, 0) is 107 Å². The highest BCUT2D eigenvalue weighted by Gasteiger charge is 2.46. The van der Waals surface area contributed by atoms with Crippen LogP contribution in [0.2, 0.25) is 5.02 Å². The molecule has 2 aromatic carbocycles. The summed E-state index contributed by atoms with van der Waals surface area (Å²) in [5, 5.41) is 0.681. The zero-order chi connectivity index (χ0) is 37.9. The van der Waals surface area contributed by atoms with Crippen LogP contribution in [-0.4, -0.2) is 70.5 Å². The summed E-state index contributed by atoms with van der Waals surface area (Å²) in [6.45, 7) is 19.4. The van der Waals surface area contributed by atoms with Gasteiger partial charge in [0.2, 0.25) is 0 Å². The smallest absolute Gasteiger partial charge is 0.338 e. The Morgan fingerprint density at radius 3 is 2.42 bits per heavy atom. The largest absolute Gasteiger partial charge is 0.490 e. The molecule has 1 aliphatic heterocycles. The molecule has 0 aromatic heterocycles. The number of esters is 1. The first-order valence-corrected chi connectivity index (χ1v) is 19.6. The molecule has 4 atom stereocenters. The van der Waals surface area contributed by atoms with Crippen LogP contribution in [0.4, 0.5) is 5.69 Å². The van der Waals surface area contributed by atoms with E-state index in [2.05, 4.69) is 35.4 Å². The Hall–Kier alpha value is -3.64. The maximum atomic E-state index is 13.7. The molecular formula is C40H51ClN2O8S. The number of ether oxygens (including phenoxy) is 4. The summed E-state index contributed by atoms with van der Waals surface area (Å²) < 4.78 is 53.3. The molecule has 1 spiro atoms. The highest BCUT2D eigenvalue weighted by molar-refractivity contribution is 7.90. The van der Waals surface area contributed by atoms with Gasteiger partial charge in [-0.1, -0.05) is 42.5 Å². The number of carbonyl (C=O) groups is 2. The van der Waals surface area contributed by atoms with Crippen LogP contribution in [0, 0.1) is 11.8 Å². The molecule has 12 heteroatoms. The van der Waals surface area contributed by atoms with E-state index in [4.69, 9.17) is 30.5 Å². The molecule has 1 saturated carbocycles. The number of hydrogen-bond donors (Lipinski definition) is 1. The first-order valence-electron chi connectivity index (χ1n) is 17.8. The van der Waals surface area contributed by atoms with Crippen LogP contribution < -0.4 is 14.4 Å². The van der Waals surface area contributed by atoms with Gasteiger partial charge in [0, 0.05) is 29.4 Å². The molecule has 3 aliphatic rings. The van der Waals surface area contributed by atoms with Crippen LogP contribution >= 0.6 is 11.6 Å². The second kappa shape index (κ2) is 15.8. The Labute approximate surface area is 313 Å². The van der Waals surface area contributed by atoms with Crippen molar-refractivity contribution >= 4 is 39.2 Å². The lowest BCUT2D eigenvalue weighted by molar-refractivity contribution is -0.175. The Bertz CT molecular complexity index is 1810. The second-order valence-corrected chi connectivity index (χ2v) is 17.1. The van der Waals surface area contributed by atoms with E-state index in [1.807, 2.05) is 12.1 Å². The molecule has 1 heterocycles. The molecule has 0 saturated heterocycles. The monoisotopic (exact) mass is 754 g/mol. The minimum atomic E-state index is -4.30. The summed E-state index contributed by atoms with van der Waals surface area (Å²) in [6, 6.07) is 10.7. The van der Waals surface area contributed by atoms with Crippen molar-refractivity contribution in [2.45, 2.75) is 87.4 Å². The molecule has 10 nitrogen and oxygen atoms in total. The van der Waals surface area contributed by atoms with E-state index in [0.29, 0.717) is 36.2 Å². The predicted octanol–water partition coefficient (Wildman–Crippen LogP) is 6.70. The molecule has 2 aromatic rings. The van der Waals surface area contributed by atoms with Crippen molar-refractivity contribution in [2.75, 3.05) is 37.8 Å².